The number of hydrogen-bond acceptors (Lipinski definition) is 5. The average molecular weight is 405 g/mol. The summed E-state index contributed by atoms with van der Waals surface area (Å²) < 4.78 is 5.32. The van der Waals surface area contributed by atoms with Gasteiger partial charge >= 0.3 is 0 Å². The molecular formula is C22H19N3O5. The van der Waals surface area contributed by atoms with Crippen LogP contribution in [0.15, 0.2) is 78.9 Å². The van der Waals surface area contributed by atoms with Gasteiger partial charge in [-0.15, -0.1) is 0 Å². The van der Waals surface area contributed by atoms with E-state index in [1.54, 1.807) is 24.3 Å². The summed E-state index contributed by atoms with van der Waals surface area (Å²) in [6.07, 6.45) is 0. The van der Waals surface area contributed by atoms with Crippen LogP contribution in [0.25, 0.3) is 0 Å². The fraction of sp³-hybridized carbons (Fsp3) is 0.0909. The normalized spacial score (nSPS) is 10.1. The first-order chi connectivity index (χ1) is 14.5. The first kappa shape index (κ1) is 20.5. The highest BCUT2D eigenvalue weighted by Gasteiger charge is 2.14. The summed E-state index contributed by atoms with van der Waals surface area (Å²) in [6, 6.07) is 21.6. The molecule has 0 aliphatic carbocycles. The number of nitrogens with zero attached hydrogens (tertiary/aromatic N) is 1. The van der Waals surface area contributed by atoms with Crippen LogP contribution in [-0.4, -0.2) is 23.3 Å². The number of non-ortho nitro benzene ring substituents is 1. The molecule has 0 aliphatic rings. The maximum atomic E-state index is 12.5. The first-order valence-electron chi connectivity index (χ1n) is 9.11. The van der Waals surface area contributed by atoms with Gasteiger partial charge in [0.25, 0.3) is 17.5 Å². The Kier molecular flexibility index (Phi) is 6.73. The molecule has 0 unspecified atom stereocenters. The second kappa shape index (κ2) is 9.83. The quantitative estimate of drug-likeness (QED) is 0.440. The molecule has 0 saturated carbocycles. The van der Waals surface area contributed by atoms with Crippen molar-refractivity contribution in [2.75, 3.05) is 11.9 Å². The van der Waals surface area contributed by atoms with Crippen LogP contribution in [0.1, 0.15) is 15.9 Å². The molecule has 2 amide bonds. The predicted molar refractivity (Wildman–Crippen MR) is 111 cm³/mol. The molecule has 0 saturated heterocycles. The van der Waals surface area contributed by atoms with Crippen LogP contribution in [0.3, 0.4) is 0 Å². The monoisotopic (exact) mass is 405 g/mol. The number of nitro groups is 1. The van der Waals surface area contributed by atoms with Crippen molar-refractivity contribution in [1.82, 2.24) is 5.32 Å². The van der Waals surface area contributed by atoms with E-state index in [9.17, 15) is 19.7 Å². The summed E-state index contributed by atoms with van der Waals surface area (Å²) in [5.74, 6) is -0.618. The topological polar surface area (TPSA) is 111 Å². The predicted octanol–water partition coefficient (Wildman–Crippen LogP) is 3.54. The third-order valence-electron chi connectivity index (χ3n) is 4.14. The Bertz CT molecular complexity index is 1050. The van der Waals surface area contributed by atoms with Crippen molar-refractivity contribution in [2.24, 2.45) is 0 Å². The van der Waals surface area contributed by atoms with Crippen molar-refractivity contribution in [2.45, 2.75) is 6.54 Å². The molecule has 8 nitrogen and oxygen atoms in total. The second-order valence-corrected chi connectivity index (χ2v) is 6.31. The van der Waals surface area contributed by atoms with E-state index in [1.807, 2.05) is 30.3 Å². The Balaban J connectivity index is 1.60. The number of carbonyl (C=O) groups excluding carboxylic acids is 2. The molecule has 30 heavy (non-hydrogen) atoms. The van der Waals surface area contributed by atoms with Gasteiger partial charge in [0.1, 0.15) is 5.75 Å². The van der Waals surface area contributed by atoms with Crippen LogP contribution in [0, 0.1) is 10.1 Å². The van der Waals surface area contributed by atoms with Gasteiger partial charge in [-0.1, -0.05) is 48.5 Å². The fourth-order valence-corrected chi connectivity index (χ4v) is 2.69. The molecule has 0 radical (unpaired) electrons. The van der Waals surface area contributed by atoms with Gasteiger partial charge in [0.2, 0.25) is 0 Å². The van der Waals surface area contributed by atoms with Crippen LogP contribution >= 0.6 is 0 Å². The van der Waals surface area contributed by atoms with E-state index in [4.69, 9.17) is 4.74 Å². The molecule has 8 heteroatoms. The maximum absolute atomic E-state index is 12.5. The molecule has 0 heterocycles. The molecule has 0 fully saturated rings. The fourth-order valence-electron chi connectivity index (χ4n) is 2.69. The molecule has 2 N–H and O–H groups in total. The summed E-state index contributed by atoms with van der Waals surface area (Å²) in [5.41, 5.74) is 1.49. The minimum absolute atomic E-state index is 0.131. The van der Waals surface area contributed by atoms with E-state index < -0.39 is 10.8 Å². The summed E-state index contributed by atoms with van der Waals surface area (Å²) in [6.45, 7) is -0.00100. The van der Waals surface area contributed by atoms with Gasteiger partial charge in [-0.25, -0.2) is 0 Å². The number of nitro benzene ring substituents is 1. The van der Waals surface area contributed by atoms with Crippen LogP contribution in [0.2, 0.25) is 0 Å². The number of rotatable bonds is 8. The number of para-hydroxylation sites is 1. The molecule has 0 bridgehead atoms. The number of nitrogens with one attached hydrogen (secondary N) is 2. The molecule has 3 rings (SSSR count). The zero-order chi connectivity index (χ0) is 21.3. The number of hydrogen-bond donors (Lipinski definition) is 2. The van der Waals surface area contributed by atoms with Gasteiger partial charge in [-0.05, 0) is 23.8 Å². The Labute approximate surface area is 172 Å². The average Bonchev–Trinajstić information content (AvgIpc) is 2.77. The molecule has 0 atom stereocenters. The van der Waals surface area contributed by atoms with Gasteiger partial charge in [-0.3, -0.25) is 19.7 Å². The van der Waals surface area contributed by atoms with Gasteiger partial charge < -0.3 is 15.4 Å². The minimum Gasteiger partial charge on any atom is -0.484 e. The lowest BCUT2D eigenvalue weighted by atomic mass is 10.1. The van der Waals surface area contributed by atoms with Gasteiger partial charge in [0, 0.05) is 12.6 Å². The number of carbonyl (C=O) groups is 2. The lowest BCUT2D eigenvalue weighted by Crippen LogP contribution is -2.26. The van der Waals surface area contributed by atoms with Crippen LogP contribution < -0.4 is 15.4 Å². The summed E-state index contributed by atoms with van der Waals surface area (Å²) in [4.78, 5) is 35.1. The zero-order valence-electron chi connectivity index (χ0n) is 15.9. The molecule has 3 aromatic carbocycles. The third-order valence-corrected chi connectivity index (χ3v) is 4.14. The van der Waals surface area contributed by atoms with Crippen molar-refractivity contribution in [3.8, 4) is 5.75 Å². The Morgan fingerprint density at radius 3 is 2.43 bits per heavy atom. The van der Waals surface area contributed by atoms with Gasteiger partial charge in [-0.2, -0.15) is 0 Å². The van der Waals surface area contributed by atoms with Gasteiger partial charge in [0.15, 0.2) is 6.61 Å². The molecule has 152 valence electrons. The highest BCUT2D eigenvalue weighted by molar-refractivity contribution is 6.04. The third kappa shape index (κ3) is 5.65. The summed E-state index contributed by atoms with van der Waals surface area (Å²) in [5, 5.41) is 16.3. The van der Waals surface area contributed by atoms with Crippen molar-refractivity contribution in [3.05, 3.63) is 100 Å². The SMILES string of the molecule is O=C(COc1cccc([N+](=O)[O-])c1)Nc1ccccc1C(=O)NCc1ccccc1. The molecule has 0 aliphatic heterocycles. The highest BCUT2D eigenvalue weighted by atomic mass is 16.6. The van der Waals surface area contributed by atoms with E-state index in [0.29, 0.717) is 17.8 Å². The van der Waals surface area contributed by atoms with Crippen molar-refractivity contribution >= 4 is 23.2 Å². The van der Waals surface area contributed by atoms with E-state index in [1.165, 1.54) is 24.3 Å². The second-order valence-electron chi connectivity index (χ2n) is 6.31. The number of anilines is 1. The van der Waals surface area contributed by atoms with Gasteiger partial charge in [0.05, 0.1) is 22.2 Å². The van der Waals surface area contributed by atoms with Crippen molar-refractivity contribution in [3.63, 3.8) is 0 Å². The number of amides is 2. The zero-order valence-corrected chi connectivity index (χ0v) is 15.9. The Morgan fingerprint density at radius 1 is 0.933 bits per heavy atom. The smallest absolute Gasteiger partial charge is 0.273 e. The van der Waals surface area contributed by atoms with Crippen molar-refractivity contribution < 1.29 is 19.2 Å². The van der Waals surface area contributed by atoms with Crippen LogP contribution in [0.4, 0.5) is 11.4 Å². The molecular weight excluding hydrogens is 386 g/mol. The standard InChI is InChI=1S/C22H19N3O5/c26-21(15-30-18-10-6-9-17(13-18)25(28)29)24-20-12-5-4-11-19(20)22(27)23-14-16-7-2-1-3-8-16/h1-13H,14-15H2,(H,23,27)(H,24,26). The number of ether oxygens (including phenoxy) is 1. The van der Waals surface area contributed by atoms with E-state index in [2.05, 4.69) is 10.6 Å². The molecule has 0 spiro atoms. The summed E-state index contributed by atoms with van der Waals surface area (Å²) >= 11 is 0. The Hall–Kier alpha value is -4.20. The minimum atomic E-state index is -0.544. The largest absolute Gasteiger partial charge is 0.484 e. The Morgan fingerprint density at radius 2 is 1.67 bits per heavy atom. The lowest BCUT2D eigenvalue weighted by Gasteiger charge is -2.12. The lowest BCUT2D eigenvalue weighted by molar-refractivity contribution is -0.384. The van der Waals surface area contributed by atoms with E-state index >= 15 is 0 Å². The van der Waals surface area contributed by atoms with E-state index in [-0.39, 0.29) is 24.0 Å². The summed E-state index contributed by atoms with van der Waals surface area (Å²) in [7, 11) is 0. The van der Waals surface area contributed by atoms with Crippen molar-refractivity contribution in [1.29, 1.82) is 0 Å². The molecule has 3 aromatic rings. The maximum Gasteiger partial charge on any atom is 0.273 e. The van der Waals surface area contributed by atoms with Crippen LogP contribution in [0.5, 0.6) is 5.75 Å². The number of benzene rings is 3. The highest BCUT2D eigenvalue weighted by Crippen LogP contribution is 2.19. The van der Waals surface area contributed by atoms with Crippen LogP contribution in [-0.2, 0) is 11.3 Å². The van der Waals surface area contributed by atoms with E-state index in [0.717, 1.165) is 5.56 Å². The molecule has 0 aromatic heterocycles. The first-order valence-corrected chi connectivity index (χ1v) is 9.11.